The van der Waals surface area contributed by atoms with Crippen LogP contribution in [-0.4, -0.2) is 38.7 Å². The minimum Gasteiger partial charge on any atom is -0.483 e. The van der Waals surface area contributed by atoms with Crippen molar-refractivity contribution in [1.82, 2.24) is 5.32 Å². The second kappa shape index (κ2) is 10.1. The molecular weight excluding hydrogens is 412 g/mol. The van der Waals surface area contributed by atoms with Crippen molar-refractivity contribution < 1.29 is 19.1 Å². The molecule has 144 valence electrons. The maximum Gasteiger partial charge on any atom is 0.262 e. The second-order valence-corrected chi connectivity index (χ2v) is 6.95. The average Bonchev–Trinajstić information content (AvgIpc) is 2.61. The number of aryl methyl sites for hydroxylation is 2. The summed E-state index contributed by atoms with van der Waals surface area (Å²) in [6.07, 6.45) is 0. The molecule has 0 radical (unpaired) electrons. The van der Waals surface area contributed by atoms with Gasteiger partial charge in [0, 0.05) is 29.4 Å². The van der Waals surface area contributed by atoms with E-state index >= 15 is 0 Å². The van der Waals surface area contributed by atoms with Crippen LogP contribution in [0.1, 0.15) is 21.5 Å². The molecule has 2 N–H and O–H groups in total. The maximum atomic E-state index is 12.1. The number of carbonyl (C=O) groups excluding carboxylic acids is 2. The highest BCUT2D eigenvalue weighted by Crippen LogP contribution is 2.27. The number of hydrogen-bond donors (Lipinski definition) is 2. The average molecular weight is 435 g/mol. The summed E-state index contributed by atoms with van der Waals surface area (Å²) in [7, 11) is 1.58. The lowest BCUT2D eigenvalue weighted by Gasteiger charge is -2.13. The molecule has 0 unspecified atom stereocenters. The van der Waals surface area contributed by atoms with E-state index < -0.39 is 0 Å². The van der Waals surface area contributed by atoms with Crippen LogP contribution in [0.3, 0.4) is 0 Å². The molecule has 2 aromatic carbocycles. The van der Waals surface area contributed by atoms with Crippen LogP contribution in [0.4, 0.5) is 5.69 Å². The molecular formula is C20H23BrN2O4. The van der Waals surface area contributed by atoms with Gasteiger partial charge in [0.25, 0.3) is 11.8 Å². The third-order valence-corrected chi connectivity index (χ3v) is 4.25. The van der Waals surface area contributed by atoms with E-state index in [4.69, 9.17) is 9.47 Å². The highest BCUT2D eigenvalue weighted by atomic mass is 79.9. The van der Waals surface area contributed by atoms with Gasteiger partial charge in [0.1, 0.15) is 5.75 Å². The van der Waals surface area contributed by atoms with Crippen LogP contribution >= 0.6 is 15.9 Å². The lowest BCUT2D eigenvalue weighted by atomic mass is 10.1. The van der Waals surface area contributed by atoms with Crippen molar-refractivity contribution in [3.05, 3.63) is 57.6 Å². The van der Waals surface area contributed by atoms with Crippen molar-refractivity contribution >= 4 is 33.4 Å². The molecule has 0 heterocycles. The van der Waals surface area contributed by atoms with Gasteiger partial charge < -0.3 is 20.1 Å². The van der Waals surface area contributed by atoms with Crippen molar-refractivity contribution in [2.75, 3.05) is 32.2 Å². The number of nitrogens with one attached hydrogen (secondary N) is 2. The monoisotopic (exact) mass is 434 g/mol. The molecule has 0 fully saturated rings. The fourth-order valence-corrected chi connectivity index (χ4v) is 3.22. The summed E-state index contributed by atoms with van der Waals surface area (Å²) in [5.41, 5.74) is 3.03. The van der Waals surface area contributed by atoms with E-state index in [-0.39, 0.29) is 18.4 Å². The Kier molecular flexibility index (Phi) is 7.82. The third-order valence-electron chi connectivity index (χ3n) is 3.80. The van der Waals surface area contributed by atoms with Gasteiger partial charge in [0.05, 0.1) is 6.61 Å². The van der Waals surface area contributed by atoms with Crippen molar-refractivity contribution in [3.63, 3.8) is 0 Å². The SMILES string of the molecule is COCCNC(=O)c1ccc(NC(=O)COc2c(C)cc(Br)cc2C)cc1. The standard InChI is InChI=1S/C20H23BrN2O4/c1-13-10-16(21)11-14(2)19(13)27-12-18(24)23-17-6-4-15(5-7-17)20(25)22-8-9-26-3/h4-7,10-11H,8-9,12H2,1-3H3,(H,22,25)(H,23,24). The van der Waals surface area contributed by atoms with E-state index in [1.165, 1.54) is 0 Å². The zero-order chi connectivity index (χ0) is 19.8. The van der Waals surface area contributed by atoms with E-state index in [9.17, 15) is 9.59 Å². The van der Waals surface area contributed by atoms with Gasteiger partial charge in [-0.3, -0.25) is 9.59 Å². The summed E-state index contributed by atoms with van der Waals surface area (Å²) in [6, 6.07) is 10.6. The molecule has 7 heteroatoms. The molecule has 0 spiro atoms. The van der Waals surface area contributed by atoms with E-state index in [0.29, 0.717) is 30.2 Å². The molecule has 6 nitrogen and oxygen atoms in total. The molecule has 0 atom stereocenters. The van der Waals surface area contributed by atoms with Crippen molar-refractivity contribution in [1.29, 1.82) is 0 Å². The topological polar surface area (TPSA) is 76.7 Å². The van der Waals surface area contributed by atoms with Gasteiger partial charge in [-0.1, -0.05) is 15.9 Å². The van der Waals surface area contributed by atoms with Crippen LogP contribution in [0.25, 0.3) is 0 Å². The Hall–Kier alpha value is -2.38. The number of anilines is 1. The zero-order valence-electron chi connectivity index (χ0n) is 15.6. The maximum absolute atomic E-state index is 12.1. The quantitative estimate of drug-likeness (QED) is 0.623. The van der Waals surface area contributed by atoms with Gasteiger partial charge in [-0.05, 0) is 61.4 Å². The van der Waals surface area contributed by atoms with Crippen LogP contribution in [0.5, 0.6) is 5.75 Å². The van der Waals surface area contributed by atoms with Gasteiger partial charge in [0.15, 0.2) is 6.61 Å². The summed E-state index contributed by atoms with van der Waals surface area (Å²) in [5, 5.41) is 5.49. The lowest BCUT2D eigenvalue weighted by molar-refractivity contribution is -0.118. The van der Waals surface area contributed by atoms with Crippen LogP contribution in [0, 0.1) is 13.8 Å². The predicted molar refractivity (Wildman–Crippen MR) is 108 cm³/mol. The lowest BCUT2D eigenvalue weighted by Crippen LogP contribution is -2.27. The smallest absolute Gasteiger partial charge is 0.262 e. The van der Waals surface area contributed by atoms with Gasteiger partial charge in [0.2, 0.25) is 0 Å². The van der Waals surface area contributed by atoms with Gasteiger partial charge in [-0.2, -0.15) is 0 Å². The number of amides is 2. The Morgan fingerprint density at radius 1 is 1.07 bits per heavy atom. The summed E-state index contributed by atoms with van der Waals surface area (Å²) in [4.78, 5) is 24.1. The molecule has 0 aliphatic heterocycles. The first-order valence-electron chi connectivity index (χ1n) is 8.47. The number of halogens is 1. The number of benzene rings is 2. The first-order valence-corrected chi connectivity index (χ1v) is 9.26. The zero-order valence-corrected chi connectivity index (χ0v) is 17.2. The summed E-state index contributed by atoms with van der Waals surface area (Å²) >= 11 is 3.44. The fourth-order valence-electron chi connectivity index (χ4n) is 2.53. The fraction of sp³-hybridized carbons (Fsp3) is 0.300. The summed E-state index contributed by atoms with van der Waals surface area (Å²) in [6.45, 7) is 4.67. The molecule has 0 aliphatic rings. The Bertz CT molecular complexity index is 783. The minimum absolute atomic E-state index is 0.0947. The van der Waals surface area contributed by atoms with Crippen molar-refractivity contribution in [3.8, 4) is 5.75 Å². The minimum atomic E-state index is -0.269. The Balaban J connectivity index is 1.88. The molecule has 0 saturated carbocycles. The number of methoxy groups -OCH3 is 1. The summed E-state index contributed by atoms with van der Waals surface area (Å²) < 4.78 is 11.5. The first kappa shape index (κ1) is 20.9. The van der Waals surface area contributed by atoms with Crippen LogP contribution in [-0.2, 0) is 9.53 Å². The van der Waals surface area contributed by atoms with Crippen LogP contribution < -0.4 is 15.4 Å². The molecule has 2 aromatic rings. The molecule has 0 saturated heterocycles. The van der Waals surface area contributed by atoms with E-state index in [2.05, 4.69) is 26.6 Å². The van der Waals surface area contributed by atoms with E-state index in [1.807, 2.05) is 26.0 Å². The molecule has 2 rings (SSSR count). The normalized spacial score (nSPS) is 10.4. The predicted octanol–water partition coefficient (Wildman–Crippen LogP) is 3.46. The number of hydrogen-bond acceptors (Lipinski definition) is 4. The van der Waals surface area contributed by atoms with E-state index in [1.54, 1.807) is 31.4 Å². The first-order chi connectivity index (χ1) is 12.9. The van der Waals surface area contributed by atoms with Gasteiger partial charge in [-0.25, -0.2) is 0 Å². The van der Waals surface area contributed by atoms with Crippen molar-refractivity contribution in [2.45, 2.75) is 13.8 Å². The number of ether oxygens (including phenoxy) is 2. The largest absolute Gasteiger partial charge is 0.483 e. The van der Waals surface area contributed by atoms with Crippen LogP contribution in [0.2, 0.25) is 0 Å². The third kappa shape index (κ3) is 6.37. The Morgan fingerprint density at radius 3 is 2.30 bits per heavy atom. The van der Waals surface area contributed by atoms with Gasteiger partial charge >= 0.3 is 0 Å². The molecule has 27 heavy (non-hydrogen) atoms. The van der Waals surface area contributed by atoms with Crippen LogP contribution in [0.15, 0.2) is 40.9 Å². The second-order valence-electron chi connectivity index (χ2n) is 6.03. The molecule has 0 bridgehead atoms. The molecule has 0 aromatic heterocycles. The number of rotatable bonds is 8. The molecule has 2 amide bonds. The highest BCUT2D eigenvalue weighted by molar-refractivity contribution is 9.10. The van der Waals surface area contributed by atoms with E-state index in [0.717, 1.165) is 15.6 Å². The Labute approximate surface area is 167 Å². The molecule has 0 aliphatic carbocycles. The van der Waals surface area contributed by atoms with Gasteiger partial charge in [-0.15, -0.1) is 0 Å². The summed E-state index contributed by atoms with van der Waals surface area (Å²) in [5.74, 6) is 0.250. The Morgan fingerprint density at radius 2 is 1.70 bits per heavy atom. The highest BCUT2D eigenvalue weighted by Gasteiger charge is 2.10. The number of carbonyl (C=O) groups is 2. The van der Waals surface area contributed by atoms with Crippen molar-refractivity contribution in [2.24, 2.45) is 0 Å².